The third-order valence-corrected chi connectivity index (χ3v) is 1.36. The molecule has 0 amide bonds. The van der Waals surface area contributed by atoms with E-state index in [1.54, 1.807) is 4.98 Å². The quantitative estimate of drug-likeness (QED) is 0.650. The van der Waals surface area contributed by atoms with Gasteiger partial charge in [-0.05, 0) is 0 Å². The number of alkyl halides is 2. The fourth-order valence-electron chi connectivity index (χ4n) is 0.757. The molecule has 13 heavy (non-hydrogen) atoms. The molecule has 0 aliphatic heterocycles. The van der Waals surface area contributed by atoms with Crippen LogP contribution in [0.1, 0.15) is 6.23 Å². The van der Waals surface area contributed by atoms with Gasteiger partial charge in [-0.1, -0.05) is 0 Å². The number of hydrogen-bond donors (Lipinski definition) is 2. The number of rotatable bonds is 2. The first-order chi connectivity index (χ1) is 6.02. The largest absolute Gasteiger partial charge is 0.368 e. The summed E-state index contributed by atoms with van der Waals surface area (Å²) in [4.78, 5) is 23.0. The third-order valence-electron chi connectivity index (χ3n) is 1.36. The van der Waals surface area contributed by atoms with Crippen molar-refractivity contribution in [3.8, 4) is 0 Å². The predicted octanol–water partition coefficient (Wildman–Crippen LogP) is -0.707. The van der Waals surface area contributed by atoms with Crippen molar-refractivity contribution in [1.82, 2.24) is 9.55 Å². The van der Waals surface area contributed by atoms with Crippen LogP contribution in [0, 0.1) is 0 Å². The van der Waals surface area contributed by atoms with Gasteiger partial charge < -0.3 is 5.11 Å². The maximum absolute atomic E-state index is 11.9. The first-order valence-corrected chi connectivity index (χ1v) is 3.30. The highest BCUT2D eigenvalue weighted by Crippen LogP contribution is 2.08. The van der Waals surface area contributed by atoms with Crippen LogP contribution in [0.2, 0.25) is 0 Å². The average molecular weight is 192 g/mol. The Morgan fingerprint density at radius 2 is 2.08 bits per heavy atom. The molecule has 0 saturated carbocycles. The standard InChI is InChI=1S/C6H6F2N2O3/c7-4(8)5(12)10-2-1-3(11)9-6(10)13/h1-2,4-5,12H,(H,9,11,13). The van der Waals surface area contributed by atoms with Gasteiger partial charge in [0.05, 0.1) is 0 Å². The van der Waals surface area contributed by atoms with Crippen LogP contribution in [0.5, 0.6) is 0 Å². The van der Waals surface area contributed by atoms with Gasteiger partial charge in [0.25, 0.3) is 12.0 Å². The Bertz CT molecular complexity index is 397. The zero-order valence-electron chi connectivity index (χ0n) is 6.28. The summed E-state index contributed by atoms with van der Waals surface area (Å²) in [7, 11) is 0. The van der Waals surface area contributed by atoms with Crippen molar-refractivity contribution in [3.05, 3.63) is 33.1 Å². The minimum atomic E-state index is -3.08. The molecule has 0 aliphatic carbocycles. The number of aliphatic hydroxyl groups excluding tert-OH is 1. The third kappa shape index (κ3) is 2.00. The second-order valence-corrected chi connectivity index (χ2v) is 2.27. The number of H-pyrrole nitrogens is 1. The Balaban J connectivity index is 3.17. The van der Waals surface area contributed by atoms with Crippen molar-refractivity contribution in [3.63, 3.8) is 0 Å². The Morgan fingerprint density at radius 3 is 2.54 bits per heavy atom. The lowest BCUT2D eigenvalue weighted by molar-refractivity contribution is -0.0531. The van der Waals surface area contributed by atoms with E-state index in [-0.39, 0.29) is 0 Å². The van der Waals surface area contributed by atoms with Crippen molar-refractivity contribution in [2.24, 2.45) is 0 Å². The van der Waals surface area contributed by atoms with Crippen molar-refractivity contribution in [1.29, 1.82) is 0 Å². The summed E-state index contributed by atoms with van der Waals surface area (Å²) < 4.78 is 24.1. The second-order valence-electron chi connectivity index (χ2n) is 2.27. The van der Waals surface area contributed by atoms with Gasteiger partial charge in [-0.15, -0.1) is 0 Å². The monoisotopic (exact) mass is 192 g/mol. The van der Waals surface area contributed by atoms with E-state index in [0.29, 0.717) is 4.57 Å². The summed E-state index contributed by atoms with van der Waals surface area (Å²) in [6.45, 7) is 0. The van der Waals surface area contributed by atoms with E-state index in [1.165, 1.54) is 0 Å². The Labute approximate surface area is 70.3 Å². The Morgan fingerprint density at radius 1 is 1.46 bits per heavy atom. The van der Waals surface area contributed by atoms with Gasteiger partial charge in [-0.2, -0.15) is 0 Å². The zero-order chi connectivity index (χ0) is 10.0. The van der Waals surface area contributed by atoms with E-state index in [4.69, 9.17) is 5.11 Å². The molecule has 0 spiro atoms. The molecular formula is C6H6F2N2O3. The summed E-state index contributed by atoms with van der Waals surface area (Å²) >= 11 is 0. The smallest absolute Gasteiger partial charge is 0.330 e. The van der Waals surface area contributed by atoms with Crippen LogP contribution in [0.3, 0.4) is 0 Å². The molecule has 1 unspecified atom stereocenters. The minimum Gasteiger partial charge on any atom is -0.368 e. The van der Waals surface area contributed by atoms with Crippen molar-refractivity contribution in [2.75, 3.05) is 0 Å². The highest BCUT2D eigenvalue weighted by Gasteiger charge is 2.19. The molecule has 0 fully saturated rings. The highest BCUT2D eigenvalue weighted by atomic mass is 19.3. The molecular weight excluding hydrogens is 186 g/mol. The van der Waals surface area contributed by atoms with Gasteiger partial charge in [-0.25, -0.2) is 13.6 Å². The molecule has 1 aromatic rings. The van der Waals surface area contributed by atoms with E-state index >= 15 is 0 Å². The molecule has 2 N–H and O–H groups in total. The van der Waals surface area contributed by atoms with E-state index in [9.17, 15) is 18.4 Å². The van der Waals surface area contributed by atoms with Crippen LogP contribution >= 0.6 is 0 Å². The second kappa shape index (κ2) is 3.48. The number of nitrogens with one attached hydrogen (secondary N) is 1. The first kappa shape index (κ1) is 9.59. The van der Waals surface area contributed by atoms with Gasteiger partial charge in [0.2, 0.25) is 0 Å². The number of nitrogens with zero attached hydrogens (tertiary/aromatic N) is 1. The normalized spacial score (nSPS) is 13.2. The number of aromatic amines is 1. The van der Waals surface area contributed by atoms with Gasteiger partial charge in [0.1, 0.15) is 0 Å². The van der Waals surface area contributed by atoms with E-state index in [2.05, 4.69) is 0 Å². The van der Waals surface area contributed by atoms with Gasteiger partial charge in [0.15, 0.2) is 6.23 Å². The fourth-order valence-corrected chi connectivity index (χ4v) is 0.757. The van der Waals surface area contributed by atoms with Gasteiger partial charge in [-0.3, -0.25) is 14.3 Å². The van der Waals surface area contributed by atoms with Gasteiger partial charge >= 0.3 is 5.69 Å². The summed E-state index contributed by atoms with van der Waals surface area (Å²) in [6.07, 6.45) is -4.51. The van der Waals surface area contributed by atoms with E-state index in [0.717, 1.165) is 12.3 Å². The summed E-state index contributed by atoms with van der Waals surface area (Å²) in [5.41, 5.74) is -1.77. The number of aliphatic hydroxyl groups is 1. The SMILES string of the molecule is O=c1ccn(C(O)C(F)F)c(=O)[nH]1. The lowest BCUT2D eigenvalue weighted by Crippen LogP contribution is -2.33. The van der Waals surface area contributed by atoms with E-state index < -0.39 is 23.9 Å². The van der Waals surface area contributed by atoms with Crippen molar-refractivity contribution < 1.29 is 13.9 Å². The minimum absolute atomic E-state index is 0.339. The van der Waals surface area contributed by atoms with E-state index in [1.807, 2.05) is 0 Å². The molecule has 7 heteroatoms. The maximum atomic E-state index is 11.9. The molecule has 1 aromatic heterocycles. The molecule has 0 saturated heterocycles. The predicted molar refractivity (Wildman–Crippen MR) is 38.6 cm³/mol. The summed E-state index contributed by atoms with van der Waals surface area (Å²) in [6, 6.07) is 0.868. The molecule has 5 nitrogen and oxygen atoms in total. The summed E-state index contributed by atoms with van der Waals surface area (Å²) in [5, 5.41) is 8.76. The maximum Gasteiger partial charge on any atom is 0.330 e. The van der Waals surface area contributed by atoms with Crippen molar-refractivity contribution in [2.45, 2.75) is 12.7 Å². The lowest BCUT2D eigenvalue weighted by atomic mass is 10.5. The van der Waals surface area contributed by atoms with Crippen LogP contribution in [0.4, 0.5) is 8.78 Å². The lowest BCUT2D eigenvalue weighted by Gasteiger charge is -2.10. The molecule has 0 radical (unpaired) electrons. The molecule has 1 heterocycles. The zero-order valence-corrected chi connectivity index (χ0v) is 6.28. The van der Waals surface area contributed by atoms with Crippen LogP contribution in [0.15, 0.2) is 21.9 Å². The molecule has 72 valence electrons. The van der Waals surface area contributed by atoms with Crippen LogP contribution < -0.4 is 11.2 Å². The highest BCUT2D eigenvalue weighted by molar-refractivity contribution is 4.84. The Hall–Kier alpha value is -1.50. The topological polar surface area (TPSA) is 75.1 Å². The molecule has 1 atom stereocenters. The number of aromatic nitrogens is 2. The Kier molecular flexibility index (Phi) is 2.57. The average Bonchev–Trinajstić information content (AvgIpc) is 2.03. The summed E-state index contributed by atoms with van der Waals surface area (Å²) in [5.74, 6) is 0. The van der Waals surface area contributed by atoms with Crippen LogP contribution in [0.25, 0.3) is 0 Å². The molecule has 1 rings (SSSR count). The number of halogens is 2. The van der Waals surface area contributed by atoms with Crippen LogP contribution in [-0.4, -0.2) is 21.1 Å². The molecule has 0 bridgehead atoms. The first-order valence-electron chi connectivity index (χ1n) is 3.30. The molecule has 0 aromatic carbocycles. The van der Waals surface area contributed by atoms with Crippen LogP contribution in [-0.2, 0) is 0 Å². The fraction of sp³-hybridized carbons (Fsp3) is 0.333. The van der Waals surface area contributed by atoms with Gasteiger partial charge in [0, 0.05) is 12.3 Å². The number of hydrogen-bond acceptors (Lipinski definition) is 3. The van der Waals surface area contributed by atoms with Crippen molar-refractivity contribution >= 4 is 0 Å². The molecule has 0 aliphatic rings.